The Balaban J connectivity index is 2.33. The van der Waals surface area contributed by atoms with Crippen molar-refractivity contribution in [2.45, 2.75) is 34.1 Å². The Bertz CT molecular complexity index is 1050. The second-order valence-corrected chi connectivity index (χ2v) is 6.56. The lowest BCUT2D eigenvalue weighted by atomic mass is 9.98. The predicted molar refractivity (Wildman–Crippen MR) is 109 cm³/mol. The molecule has 1 amide bonds. The van der Waals surface area contributed by atoms with E-state index in [2.05, 4.69) is 6.92 Å². The van der Waals surface area contributed by atoms with Crippen molar-refractivity contribution in [2.24, 2.45) is 0 Å². The molecule has 140 valence electrons. The monoisotopic (exact) mass is 363 g/mol. The summed E-state index contributed by atoms with van der Waals surface area (Å²) in [6.07, 6.45) is 0.831. The van der Waals surface area contributed by atoms with E-state index in [1.54, 1.807) is 30.0 Å². The topological polar surface area (TPSA) is 50.5 Å². The van der Waals surface area contributed by atoms with Gasteiger partial charge in [0.25, 0.3) is 5.91 Å². The first kappa shape index (κ1) is 18.9. The third-order valence-corrected chi connectivity index (χ3v) is 5.07. The van der Waals surface area contributed by atoms with Gasteiger partial charge in [0.05, 0.1) is 10.9 Å². The smallest absolute Gasteiger partial charge is 0.257 e. The number of para-hydroxylation sites is 1. The van der Waals surface area contributed by atoms with Crippen molar-refractivity contribution in [1.82, 2.24) is 4.90 Å². The summed E-state index contributed by atoms with van der Waals surface area (Å²) in [5.74, 6) is 0.428. The molecule has 3 rings (SSSR count). The molecule has 0 saturated carbocycles. The average Bonchev–Trinajstić information content (AvgIpc) is 2.71. The predicted octanol–water partition coefficient (Wildman–Crippen LogP) is 4.81. The van der Waals surface area contributed by atoms with Crippen molar-refractivity contribution in [1.29, 1.82) is 0 Å². The quantitative estimate of drug-likeness (QED) is 0.653. The number of aryl methyl sites for hydroxylation is 1. The molecule has 0 fully saturated rings. The number of carbonyl (C=O) groups excluding carboxylic acids is 1. The Morgan fingerprint density at radius 2 is 1.70 bits per heavy atom. The van der Waals surface area contributed by atoms with Crippen molar-refractivity contribution in [3.63, 3.8) is 0 Å². The maximum Gasteiger partial charge on any atom is 0.257 e. The fraction of sp³-hybridized carbons (Fsp3) is 0.304. The van der Waals surface area contributed by atoms with Crippen molar-refractivity contribution >= 4 is 16.9 Å². The van der Waals surface area contributed by atoms with Crippen LogP contribution in [0.3, 0.4) is 0 Å². The number of rotatable bonds is 5. The standard InChI is InChI=1S/C23H25NO3/c1-5-16-11-8-9-12-17(16)21-15(4)20(25)18-13-10-14-19(22(18)27-21)23(26)24(6-2)7-3/h8-14H,5-7H2,1-4H3. The first-order valence-electron chi connectivity index (χ1n) is 9.47. The van der Waals surface area contributed by atoms with Crippen molar-refractivity contribution in [3.05, 3.63) is 69.4 Å². The van der Waals surface area contributed by atoms with Gasteiger partial charge in [0, 0.05) is 24.2 Å². The molecule has 0 atom stereocenters. The van der Waals surface area contributed by atoms with Crippen LogP contribution in [0.5, 0.6) is 0 Å². The summed E-state index contributed by atoms with van der Waals surface area (Å²) in [5, 5.41) is 0.447. The number of benzene rings is 2. The Kier molecular flexibility index (Phi) is 5.45. The summed E-state index contributed by atoms with van der Waals surface area (Å²) in [7, 11) is 0. The van der Waals surface area contributed by atoms with Crippen LogP contribution in [-0.2, 0) is 6.42 Å². The van der Waals surface area contributed by atoms with Crippen molar-refractivity contribution < 1.29 is 9.21 Å². The fourth-order valence-corrected chi connectivity index (χ4v) is 3.47. The van der Waals surface area contributed by atoms with E-state index in [0.29, 0.717) is 40.9 Å². The van der Waals surface area contributed by atoms with Crippen LogP contribution in [0.4, 0.5) is 0 Å². The molecule has 0 aliphatic carbocycles. The molecule has 2 aromatic carbocycles. The minimum atomic E-state index is -0.118. The molecule has 0 radical (unpaired) electrons. The molecule has 27 heavy (non-hydrogen) atoms. The highest BCUT2D eigenvalue weighted by atomic mass is 16.3. The van der Waals surface area contributed by atoms with Gasteiger partial charge in [0.1, 0.15) is 5.76 Å². The summed E-state index contributed by atoms with van der Waals surface area (Å²) in [4.78, 5) is 27.7. The molecule has 0 N–H and O–H groups in total. The number of fused-ring (bicyclic) bond motifs is 1. The van der Waals surface area contributed by atoms with E-state index in [9.17, 15) is 9.59 Å². The van der Waals surface area contributed by atoms with Crippen LogP contribution in [0, 0.1) is 6.92 Å². The Hall–Kier alpha value is -2.88. The number of amides is 1. The molecule has 0 saturated heterocycles. The Morgan fingerprint density at radius 3 is 2.37 bits per heavy atom. The summed E-state index contributed by atoms with van der Waals surface area (Å²) < 4.78 is 6.25. The zero-order valence-electron chi connectivity index (χ0n) is 16.3. The van der Waals surface area contributed by atoms with Gasteiger partial charge in [-0.25, -0.2) is 0 Å². The molecule has 4 nitrogen and oxygen atoms in total. The molecule has 0 bridgehead atoms. The zero-order valence-corrected chi connectivity index (χ0v) is 16.3. The lowest BCUT2D eigenvalue weighted by Crippen LogP contribution is -2.30. The largest absolute Gasteiger partial charge is 0.455 e. The van der Waals surface area contributed by atoms with E-state index in [-0.39, 0.29) is 11.3 Å². The van der Waals surface area contributed by atoms with Gasteiger partial charge in [-0.1, -0.05) is 37.3 Å². The third-order valence-electron chi connectivity index (χ3n) is 5.07. The highest BCUT2D eigenvalue weighted by Gasteiger charge is 2.21. The Labute approximate surface area is 159 Å². The second-order valence-electron chi connectivity index (χ2n) is 6.56. The molecular formula is C23H25NO3. The SMILES string of the molecule is CCc1ccccc1-c1oc2c(C(=O)N(CC)CC)cccc2c(=O)c1C. The first-order chi connectivity index (χ1) is 13.0. The summed E-state index contributed by atoms with van der Waals surface area (Å²) >= 11 is 0. The third kappa shape index (κ3) is 3.27. The molecule has 3 aromatic rings. The lowest BCUT2D eigenvalue weighted by molar-refractivity contribution is 0.0774. The lowest BCUT2D eigenvalue weighted by Gasteiger charge is -2.19. The normalized spacial score (nSPS) is 11.0. The summed E-state index contributed by atoms with van der Waals surface area (Å²) in [5.41, 5.74) is 3.29. The van der Waals surface area contributed by atoms with E-state index < -0.39 is 0 Å². The van der Waals surface area contributed by atoms with E-state index in [1.165, 1.54) is 0 Å². The number of hydrogen-bond donors (Lipinski definition) is 0. The molecule has 0 unspecified atom stereocenters. The minimum absolute atomic E-state index is 0.0913. The highest BCUT2D eigenvalue weighted by molar-refractivity contribution is 6.05. The van der Waals surface area contributed by atoms with Gasteiger partial charge in [-0.15, -0.1) is 0 Å². The van der Waals surface area contributed by atoms with Gasteiger partial charge in [-0.2, -0.15) is 0 Å². The molecule has 1 aromatic heterocycles. The van der Waals surface area contributed by atoms with Gasteiger partial charge in [-0.3, -0.25) is 9.59 Å². The van der Waals surface area contributed by atoms with Gasteiger partial charge < -0.3 is 9.32 Å². The maximum atomic E-state index is 13.0. The van der Waals surface area contributed by atoms with Gasteiger partial charge >= 0.3 is 0 Å². The van der Waals surface area contributed by atoms with E-state index in [1.807, 2.05) is 38.1 Å². The number of nitrogens with zero attached hydrogens (tertiary/aromatic N) is 1. The minimum Gasteiger partial charge on any atom is -0.455 e. The van der Waals surface area contributed by atoms with Crippen molar-refractivity contribution in [3.8, 4) is 11.3 Å². The number of hydrogen-bond acceptors (Lipinski definition) is 3. The first-order valence-corrected chi connectivity index (χ1v) is 9.47. The fourth-order valence-electron chi connectivity index (χ4n) is 3.47. The van der Waals surface area contributed by atoms with Crippen molar-refractivity contribution in [2.75, 3.05) is 13.1 Å². The summed E-state index contributed by atoms with van der Waals surface area (Å²) in [6.45, 7) is 8.95. The van der Waals surface area contributed by atoms with Crippen LogP contribution in [-0.4, -0.2) is 23.9 Å². The molecule has 0 aliphatic heterocycles. The van der Waals surface area contributed by atoms with Crippen LogP contribution < -0.4 is 5.43 Å². The van der Waals surface area contributed by atoms with Gasteiger partial charge in [0.2, 0.25) is 0 Å². The summed E-state index contributed by atoms with van der Waals surface area (Å²) in [6, 6.07) is 13.1. The van der Waals surface area contributed by atoms with Crippen LogP contribution in [0.2, 0.25) is 0 Å². The molecule has 0 aliphatic rings. The zero-order chi connectivity index (χ0) is 19.6. The van der Waals surface area contributed by atoms with Crippen LogP contribution >= 0.6 is 0 Å². The van der Waals surface area contributed by atoms with Crippen LogP contribution in [0.25, 0.3) is 22.3 Å². The van der Waals surface area contributed by atoms with Gasteiger partial charge in [0.15, 0.2) is 11.0 Å². The Morgan fingerprint density at radius 1 is 1.00 bits per heavy atom. The van der Waals surface area contributed by atoms with E-state index >= 15 is 0 Å². The molecule has 4 heteroatoms. The maximum absolute atomic E-state index is 13.0. The second kappa shape index (κ2) is 7.78. The number of carbonyl (C=O) groups is 1. The molecule has 1 heterocycles. The van der Waals surface area contributed by atoms with Crippen LogP contribution in [0.1, 0.15) is 42.3 Å². The highest BCUT2D eigenvalue weighted by Crippen LogP contribution is 2.30. The van der Waals surface area contributed by atoms with E-state index in [4.69, 9.17) is 4.42 Å². The molecule has 0 spiro atoms. The average molecular weight is 363 g/mol. The van der Waals surface area contributed by atoms with Gasteiger partial charge in [-0.05, 0) is 44.9 Å². The molecular weight excluding hydrogens is 338 g/mol. The van der Waals surface area contributed by atoms with Crippen LogP contribution in [0.15, 0.2) is 51.7 Å². The van der Waals surface area contributed by atoms with E-state index in [0.717, 1.165) is 17.5 Å².